The molecule has 0 radical (unpaired) electrons. The molecule has 96 valence electrons. The molecule has 0 fully saturated rings. The summed E-state index contributed by atoms with van der Waals surface area (Å²) in [4.78, 5) is 0. The van der Waals surface area contributed by atoms with Gasteiger partial charge in [0.2, 0.25) is 0 Å². The predicted octanol–water partition coefficient (Wildman–Crippen LogP) is 3.97. The second-order valence-corrected chi connectivity index (χ2v) is 4.70. The summed E-state index contributed by atoms with van der Waals surface area (Å²) in [6, 6.07) is 6.25. The fourth-order valence-electron chi connectivity index (χ4n) is 2.01. The molecular weight excluding hydrogens is 255 g/mol. The van der Waals surface area contributed by atoms with Crippen molar-refractivity contribution < 1.29 is 13.9 Å². The van der Waals surface area contributed by atoms with Crippen LogP contribution in [0.2, 0.25) is 5.02 Å². The number of aliphatic hydroxyl groups excluding tert-OH is 1. The van der Waals surface area contributed by atoms with Gasteiger partial charge in [0.1, 0.15) is 17.3 Å². The van der Waals surface area contributed by atoms with Gasteiger partial charge in [0.05, 0.1) is 6.10 Å². The lowest BCUT2D eigenvalue weighted by Gasteiger charge is -2.11. The summed E-state index contributed by atoms with van der Waals surface area (Å²) in [5, 5.41) is 10.5. The number of furan rings is 1. The first-order valence-corrected chi connectivity index (χ1v) is 6.04. The van der Waals surface area contributed by atoms with Gasteiger partial charge in [-0.15, -0.1) is 0 Å². The number of aliphatic hydroxyl groups is 1. The average molecular weight is 269 g/mol. The fourth-order valence-corrected chi connectivity index (χ4v) is 2.25. The van der Waals surface area contributed by atoms with Gasteiger partial charge in [-0.25, -0.2) is 4.39 Å². The van der Waals surface area contributed by atoms with Crippen molar-refractivity contribution in [2.75, 3.05) is 0 Å². The Morgan fingerprint density at radius 1 is 1.39 bits per heavy atom. The van der Waals surface area contributed by atoms with Crippen molar-refractivity contribution in [1.82, 2.24) is 0 Å². The molecular formula is C14H14ClFO2. The smallest absolute Gasteiger partial charge is 0.127 e. The Kier molecular flexibility index (Phi) is 3.73. The third-order valence-corrected chi connectivity index (χ3v) is 3.25. The lowest BCUT2D eigenvalue weighted by Crippen LogP contribution is -2.04. The molecule has 0 saturated carbocycles. The minimum atomic E-state index is -0.822. The van der Waals surface area contributed by atoms with Crippen LogP contribution in [0.4, 0.5) is 4.39 Å². The zero-order valence-corrected chi connectivity index (χ0v) is 11.0. The number of hydrogen-bond donors (Lipinski definition) is 1. The minimum absolute atomic E-state index is 0.130. The Balaban J connectivity index is 2.26. The Morgan fingerprint density at radius 2 is 2.11 bits per heavy atom. The van der Waals surface area contributed by atoms with Crippen LogP contribution >= 0.6 is 11.6 Å². The van der Waals surface area contributed by atoms with E-state index in [4.69, 9.17) is 16.0 Å². The summed E-state index contributed by atoms with van der Waals surface area (Å²) in [5.41, 5.74) is 0.997. The van der Waals surface area contributed by atoms with Crippen LogP contribution < -0.4 is 0 Å². The Labute approximate surface area is 110 Å². The average Bonchev–Trinajstić information content (AvgIpc) is 2.63. The highest BCUT2D eigenvalue weighted by Crippen LogP contribution is 2.28. The van der Waals surface area contributed by atoms with Crippen LogP contribution in [-0.4, -0.2) is 5.11 Å². The van der Waals surface area contributed by atoms with Gasteiger partial charge in [0.25, 0.3) is 0 Å². The molecule has 2 nitrogen and oxygen atoms in total. The molecule has 1 heterocycles. The number of aryl methyl sites for hydroxylation is 2. The van der Waals surface area contributed by atoms with Crippen molar-refractivity contribution in [3.63, 3.8) is 0 Å². The molecule has 18 heavy (non-hydrogen) atoms. The largest absolute Gasteiger partial charge is 0.466 e. The molecule has 0 saturated heterocycles. The van der Waals surface area contributed by atoms with E-state index in [1.54, 1.807) is 32.0 Å². The van der Waals surface area contributed by atoms with Crippen LogP contribution in [-0.2, 0) is 6.42 Å². The van der Waals surface area contributed by atoms with E-state index in [0.717, 1.165) is 5.76 Å². The molecule has 1 N–H and O–H groups in total. The summed E-state index contributed by atoms with van der Waals surface area (Å²) in [5.74, 6) is 0.966. The number of halogens is 2. The van der Waals surface area contributed by atoms with E-state index in [2.05, 4.69) is 0 Å². The number of hydrogen-bond acceptors (Lipinski definition) is 2. The molecule has 0 bridgehead atoms. The molecule has 1 atom stereocenters. The Bertz CT molecular complexity index is 543. The van der Waals surface area contributed by atoms with E-state index in [9.17, 15) is 9.50 Å². The van der Waals surface area contributed by atoms with Crippen molar-refractivity contribution in [1.29, 1.82) is 0 Å². The zero-order chi connectivity index (χ0) is 13.3. The molecule has 0 aliphatic heterocycles. The number of rotatable bonds is 3. The van der Waals surface area contributed by atoms with Gasteiger partial charge < -0.3 is 9.52 Å². The maximum absolute atomic E-state index is 13.6. The fraction of sp³-hybridized carbons (Fsp3) is 0.286. The third kappa shape index (κ3) is 2.57. The third-order valence-electron chi connectivity index (χ3n) is 2.90. The Hall–Kier alpha value is -1.32. The molecule has 2 aromatic rings. The standard InChI is InChI=1S/C14H14ClFO2/c1-8-6-10(9(2)18-8)14(17)7-11-12(15)4-3-5-13(11)16/h3-6,14,17H,7H2,1-2H3. The Morgan fingerprint density at radius 3 is 2.67 bits per heavy atom. The molecule has 0 spiro atoms. The summed E-state index contributed by atoms with van der Waals surface area (Å²) in [6.07, 6.45) is -0.692. The topological polar surface area (TPSA) is 33.4 Å². The van der Waals surface area contributed by atoms with Gasteiger partial charge in [-0.05, 0) is 32.0 Å². The van der Waals surface area contributed by atoms with Crippen LogP contribution in [0.15, 0.2) is 28.7 Å². The van der Waals surface area contributed by atoms with E-state index < -0.39 is 11.9 Å². The quantitative estimate of drug-likeness (QED) is 0.914. The van der Waals surface area contributed by atoms with Crippen molar-refractivity contribution in [2.45, 2.75) is 26.4 Å². The maximum atomic E-state index is 13.6. The molecule has 1 aromatic carbocycles. The van der Waals surface area contributed by atoms with Crippen molar-refractivity contribution >= 4 is 11.6 Å². The maximum Gasteiger partial charge on any atom is 0.127 e. The van der Waals surface area contributed by atoms with Crippen molar-refractivity contribution in [2.24, 2.45) is 0 Å². The SMILES string of the molecule is Cc1cc(C(O)Cc2c(F)cccc2Cl)c(C)o1. The lowest BCUT2D eigenvalue weighted by atomic mass is 10.0. The van der Waals surface area contributed by atoms with E-state index in [-0.39, 0.29) is 6.42 Å². The zero-order valence-electron chi connectivity index (χ0n) is 10.2. The summed E-state index contributed by atoms with van der Waals surface area (Å²) < 4.78 is 19.0. The van der Waals surface area contributed by atoms with Crippen molar-refractivity contribution in [3.05, 3.63) is 57.8 Å². The molecule has 2 rings (SSSR count). The highest BCUT2D eigenvalue weighted by atomic mass is 35.5. The summed E-state index contributed by atoms with van der Waals surface area (Å²) in [7, 11) is 0. The van der Waals surface area contributed by atoms with Gasteiger partial charge >= 0.3 is 0 Å². The molecule has 0 aliphatic rings. The summed E-state index contributed by atoms with van der Waals surface area (Å²) >= 11 is 5.93. The monoisotopic (exact) mass is 268 g/mol. The van der Waals surface area contributed by atoms with Crippen LogP contribution in [0.1, 0.15) is 28.8 Å². The molecule has 1 unspecified atom stereocenters. The van der Waals surface area contributed by atoms with Gasteiger partial charge in [0, 0.05) is 22.6 Å². The normalized spacial score (nSPS) is 12.7. The second-order valence-electron chi connectivity index (χ2n) is 4.29. The first-order chi connectivity index (χ1) is 8.49. The second kappa shape index (κ2) is 5.12. The van der Waals surface area contributed by atoms with Crippen LogP contribution in [0.3, 0.4) is 0 Å². The first kappa shape index (κ1) is 13.1. The molecule has 0 amide bonds. The van der Waals surface area contributed by atoms with Crippen molar-refractivity contribution in [3.8, 4) is 0 Å². The van der Waals surface area contributed by atoms with Gasteiger partial charge in [-0.3, -0.25) is 0 Å². The summed E-state index contributed by atoms with van der Waals surface area (Å²) in [6.45, 7) is 3.58. The number of benzene rings is 1. The van der Waals surface area contributed by atoms with Gasteiger partial charge in [-0.1, -0.05) is 17.7 Å². The predicted molar refractivity (Wildman–Crippen MR) is 68.3 cm³/mol. The highest BCUT2D eigenvalue weighted by molar-refractivity contribution is 6.31. The van der Waals surface area contributed by atoms with Crippen LogP contribution in [0.5, 0.6) is 0 Å². The van der Waals surface area contributed by atoms with Crippen LogP contribution in [0, 0.1) is 19.7 Å². The minimum Gasteiger partial charge on any atom is -0.466 e. The van der Waals surface area contributed by atoms with Crippen LogP contribution in [0.25, 0.3) is 0 Å². The first-order valence-electron chi connectivity index (χ1n) is 5.67. The van der Waals surface area contributed by atoms with Gasteiger partial charge in [-0.2, -0.15) is 0 Å². The molecule has 1 aromatic heterocycles. The lowest BCUT2D eigenvalue weighted by molar-refractivity contribution is 0.175. The molecule has 0 aliphatic carbocycles. The van der Waals surface area contributed by atoms with E-state index in [1.807, 2.05) is 0 Å². The molecule has 4 heteroatoms. The van der Waals surface area contributed by atoms with E-state index >= 15 is 0 Å². The van der Waals surface area contributed by atoms with E-state index in [1.165, 1.54) is 6.07 Å². The van der Waals surface area contributed by atoms with Gasteiger partial charge in [0.15, 0.2) is 0 Å². The van der Waals surface area contributed by atoms with E-state index in [0.29, 0.717) is 21.9 Å². The highest BCUT2D eigenvalue weighted by Gasteiger charge is 2.18.